The summed E-state index contributed by atoms with van der Waals surface area (Å²) >= 11 is 0. The third-order valence-corrected chi connectivity index (χ3v) is 3.90. The molecule has 2 fully saturated rings. The zero-order valence-corrected chi connectivity index (χ0v) is 10.2. The van der Waals surface area contributed by atoms with E-state index in [1.54, 1.807) is 6.07 Å². The molecule has 0 aliphatic heterocycles. The highest BCUT2D eigenvalue weighted by Gasteiger charge is 2.32. The van der Waals surface area contributed by atoms with E-state index in [1.807, 2.05) is 6.07 Å². The summed E-state index contributed by atoms with van der Waals surface area (Å²) in [6.45, 7) is 0.741. The van der Waals surface area contributed by atoms with E-state index in [0.717, 1.165) is 17.7 Å². The Kier molecular flexibility index (Phi) is 2.24. The molecule has 2 nitrogen and oxygen atoms in total. The van der Waals surface area contributed by atoms with E-state index in [-0.39, 0.29) is 5.82 Å². The first kappa shape index (κ1) is 10.6. The van der Waals surface area contributed by atoms with Gasteiger partial charge in [0.1, 0.15) is 5.76 Å². The summed E-state index contributed by atoms with van der Waals surface area (Å²) in [5, 5.41) is 4.44. The molecule has 1 aromatic carbocycles. The highest BCUT2D eigenvalue weighted by atomic mass is 19.1. The van der Waals surface area contributed by atoms with Crippen molar-refractivity contribution in [1.29, 1.82) is 0 Å². The van der Waals surface area contributed by atoms with Gasteiger partial charge in [0.2, 0.25) is 0 Å². The quantitative estimate of drug-likeness (QED) is 0.888. The average molecular weight is 245 g/mol. The van der Waals surface area contributed by atoms with Crippen LogP contribution < -0.4 is 5.32 Å². The average Bonchev–Trinajstić information content (AvgIpc) is 3.26. The van der Waals surface area contributed by atoms with Crippen LogP contribution >= 0.6 is 0 Å². The molecular formula is C15H16FNO. The van der Waals surface area contributed by atoms with Crippen molar-refractivity contribution in [3.63, 3.8) is 0 Å². The number of nitrogens with one attached hydrogen (secondary N) is 1. The largest absolute Gasteiger partial charge is 0.456 e. The van der Waals surface area contributed by atoms with Gasteiger partial charge in [-0.2, -0.15) is 0 Å². The van der Waals surface area contributed by atoms with Crippen molar-refractivity contribution >= 4 is 11.0 Å². The van der Waals surface area contributed by atoms with Gasteiger partial charge in [-0.05, 0) is 37.7 Å². The minimum atomic E-state index is -0.243. The van der Waals surface area contributed by atoms with E-state index >= 15 is 0 Å². The second-order valence-corrected chi connectivity index (χ2v) is 5.48. The fraction of sp³-hybridized carbons (Fsp3) is 0.467. The van der Waals surface area contributed by atoms with Crippen LogP contribution in [-0.4, -0.2) is 6.04 Å². The first-order chi connectivity index (χ1) is 8.83. The van der Waals surface area contributed by atoms with E-state index in [0.29, 0.717) is 17.5 Å². The van der Waals surface area contributed by atoms with Crippen LogP contribution in [0, 0.1) is 5.82 Å². The number of halogens is 1. The molecule has 2 saturated carbocycles. The highest BCUT2D eigenvalue weighted by Crippen LogP contribution is 2.46. The van der Waals surface area contributed by atoms with Crippen LogP contribution in [0.5, 0.6) is 0 Å². The lowest BCUT2D eigenvalue weighted by Gasteiger charge is -2.02. The Morgan fingerprint density at radius 3 is 2.78 bits per heavy atom. The fourth-order valence-electron chi connectivity index (χ4n) is 2.63. The van der Waals surface area contributed by atoms with E-state index in [9.17, 15) is 4.39 Å². The normalized spacial score (nSPS) is 19.6. The zero-order valence-electron chi connectivity index (χ0n) is 10.2. The van der Waals surface area contributed by atoms with E-state index in [4.69, 9.17) is 4.42 Å². The Bertz CT molecular complexity index is 596. The Balaban J connectivity index is 1.78. The lowest BCUT2D eigenvalue weighted by atomic mass is 10.1. The number of hydrogen-bond donors (Lipinski definition) is 1. The molecule has 0 atom stereocenters. The maximum Gasteiger partial charge on any atom is 0.170 e. The standard InChI is InChI=1S/C15H16FNO/c16-12-3-1-2-11-14(9-4-5-9)13(18-15(11)12)8-17-10-6-7-10/h1-3,9-10,17H,4-8H2. The summed E-state index contributed by atoms with van der Waals surface area (Å²) in [5.74, 6) is 1.29. The second kappa shape index (κ2) is 3.82. The summed E-state index contributed by atoms with van der Waals surface area (Å²) in [6.07, 6.45) is 4.93. The number of benzene rings is 1. The van der Waals surface area contributed by atoms with Crippen molar-refractivity contribution in [2.24, 2.45) is 0 Å². The third kappa shape index (κ3) is 1.74. The van der Waals surface area contributed by atoms with Gasteiger partial charge in [0.15, 0.2) is 11.4 Å². The topological polar surface area (TPSA) is 25.2 Å². The number of para-hydroxylation sites is 1. The molecule has 0 spiro atoms. The second-order valence-electron chi connectivity index (χ2n) is 5.48. The monoisotopic (exact) mass is 245 g/mol. The van der Waals surface area contributed by atoms with Crippen LogP contribution in [0.25, 0.3) is 11.0 Å². The maximum absolute atomic E-state index is 13.8. The molecule has 18 heavy (non-hydrogen) atoms. The van der Waals surface area contributed by atoms with Crippen LogP contribution in [0.3, 0.4) is 0 Å². The predicted octanol–water partition coefficient (Wildman–Crippen LogP) is 3.70. The molecular weight excluding hydrogens is 229 g/mol. The molecule has 2 aromatic rings. The Labute approximate surface area is 105 Å². The molecule has 1 heterocycles. The van der Waals surface area contributed by atoms with E-state index in [1.165, 1.54) is 37.3 Å². The molecule has 3 heteroatoms. The number of furan rings is 1. The molecule has 2 aliphatic carbocycles. The van der Waals surface area contributed by atoms with Gasteiger partial charge in [-0.1, -0.05) is 12.1 Å². The zero-order chi connectivity index (χ0) is 12.1. The predicted molar refractivity (Wildman–Crippen MR) is 68.0 cm³/mol. The molecule has 0 radical (unpaired) electrons. The summed E-state index contributed by atoms with van der Waals surface area (Å²) in [6, 6.07) is 5.88. The first-order valence-electron chi connectivity index (χ1n) is 6.76. The summed E-state index contributed by atoms with van der Waals surface area (Å²) in [7, 11) is 0. The van der Waals surface area contributed by atoms with Crippen LogP contribution in [0.15, 0.2) is 22.6 Å². The molecule has 1 N–H and O–H groups in total. The molecule has 94 valence electrons. The third-order valence-electron chi connectivity index (χ3n) is 3.90. The van der Waals surface area contributed by atoms with Crippen LogP contribution in [0.2, 0.25) is 0 Å². The van der Waals surface area contributed by atoms with Crippen molar-refractivity contribution in [2.75, 3.05) is 0 Å². The fourth-order valence-corrected chi connectivity index (χ4v) is 2.63. The first-order valence-corrected chi connectivity index (χ1v) is 6.76. The summed E-state index contributed by atoms with van der Waals surface area (Å²) < 4.78 is 19.5. The minimum absolute atomic E-state index is 0.243. The lowest BCUT2D eigenvalue weighted by molar-refractivity contribution is 0.489. The van der Waals surface area contributed by atoms with E-state index < -0.39 is 0 Å². The maximum atomic E-state index is 13.8. The van der Waals surface area contributed by atoms with Crippen LogP contribution in [0.4, 0.5) is 4.39 Å². The SMILES string of the molecule is Fc1cccc2c(C3CC3)c(CNC3CC3)oc12. The van der Waals surface area contributed by atoms with Gasteiger partial charge in [-0.3, -0.25) is 0 Å². The van der Waals surface area contributed by atoms with Gasteiger partial charge in [0.05, 0.1) is 6.54 Å². The molecule has 0 bridgehead atoms. The van der Waals surface area contributed by atoms with Gasteiger partial charge >= 0.3 is 0 Å². The Morgan fingerprint density at radius 1 is 1.22 bits per heavy atom. The molecule has 0 saturated heterocycles. The Morgan fingerprint density at radius 2 is 2.06 bits per heavy atom. The molecule has 0 amide bonds. The summed E-state index contributed by atoms with van der Waals surface area (Å²) in [4.78, 5) is 0. The lowest BCUT2D eigenvalue weighted by Crippen LogP contribution is -2.15. The van der Waals surface area contributed by atoms with Gasteiger partial charge < -0.3 is 9.73 Å². The van der Waals surface area contributed by atoms with E-state index in [2.05, 4.69) is 5.32 Å². The molecule has 4 rings (SSSR count). The number of rotatable bonds is 4. The van der Waals surface area contributed by atoms with Crippen molar-refractivity contribution in [2.45, 2.75) is 44.2 Å². The van der Waals surface area contributed by atoms with Gasteiger partial charge in [-0.15, -0.1) is 0 Å². The van der Waals surface area contributed by atoms with Crippen molar-refractivity contribution in [3.8, 4) is 0 Å². The van der Waals surface area contributed by atoms with Crippen molar-refractivity contribution < 1.29 is 8.81 Å². The molecule has 1 aromatic heterocycles. The van der Waals surface area contributed by atoms with Crippen LogP contribution in [0.1, 0.15) is 42.9 Å². The summed E-state index contributed by atoms with van der Waals surface area (Å²) in [5.41, 5.74) is 1.68. The van der Waals surface area contributed by atoms with Gasteiger partial charge in [0.25, 0.3) is 0 Å². The van der Waals surface area contributed by atoms with Crippen LogP contribution in [-0.2, 0) is 6.54 Å². The highest BCUT2D eigenvalue weighted by molar-refractivity contribution is 5.83. The van der Waals surface area contributed by atoms with Crippen molar-refractivity contribution in [3.05, 3.63) is 35.3 Å². The van der Waals surface area contributed by atoms with Crippen molar-refractivity contribution in [1.82, 2.24) is 5.32 Å². The number of hydrogen-bond acceptors (Lipinski definition) is 2. The Hall–Kier alpha value is -1.35. The smallest absolute Gasteiger partial charge is 0.170 e. The number of fused-ring (bicyclic) bond motifs is 1. The minimum Gasteiger partial charge on any atom is -0.456 e. The molecule has 2 aliphatic rings. The van der Waals surface area contributed by atoms with Gasteiger partial charge in [0, 0.05) is 17.0 Å². The van der Waals surface area contributed by atoms with Gasteiger partial charge in [-0.25, -0.2) is 4.39 Å². The molecule has 0 unspecified atom stereocenters.